The molecular weight excluding hydrogens is 328 g/mol. The quantitative estimate of drug-likeness (QED) is 0.716. The van der Waals surface area contributed by atoms with Crippen molar-refractivity contribution < 1.29 is 4.79 Å². The summed E-state index contributed by atoms with van der Waals surface area (Å²) in [6.45, 7) is 3.96. The van der Waals surface area contributed by atoms with E-state index >= 15 is 0 Å². The Morgan fingerprint density at radius 2 is 2.00 bits per heavy atom. The molecule has 0 spiro atoms. The van der Waals surface area contributed by atoms with Gasteiger partial charge < -0.3 is 10.3 Å². The fraction of sp³-hybridized carbons (Fsp3) is 0.250. The number of hydrogen-bond acceptors (Lipinski definition) is 3. The monoisotopic (exact) mass is 350 g/mol. The van der Waals surface area contributed by atoms with Gasteiger partial charge in [-0.05, 0) is 49.6 Å². The number of H-pyrrole nitrogens is 1. The van der Waals surface area contributed by atoms with Gasteiger partial charge in [-0.15, -0.1) is 0 Å². The number of aromatic nitrogens is 3. The summed E-state index contributed by atoms with van der Waals surface area (Å²) in [4.78, 5) is 26.8. The van der Waals surface area contributed by atoms with Gasteiger partial charge in [0.15, 0.2) is 0 Å². The minimum absolute atomic E-state index is 0.0863. The van der Waals surface area contributed by atoms with E-state index in [2.05, 4.69) is 15.4 Å². The minimum Gasteiger partial charge on any atom is -0.352 e. The number of para-hydroxylation sites is 1. The molecule has 6 nitrogen and oxygen atoms in total. The summed E-state index contributed by atoms with van der Waals surface area (Å²) in [5.41, 5.74) is 4.13. The number of hydrogen-bond donors (Lipinski definition) is 2. The Labute approximate surface area is 151 Å². The smallest absolute Gasteiger partial charge is 0.253 e. The van der Waals surface area contributed by atoms with Gasteiger partial charge in [-0.25, -0.2) is 4.68 Å². The Balaban J connectivity index is 1.54. The molecule has 0 atom stereocenters. The molecule has 1 amide bonds. The normalized spacial score (nSPS) is 10.7. The van der Waals surface area contributed by atoms with Crippen LogP contribution in [0.15, 0.2) is 53.6 Å². The maximum Gasteiger partial charge on any atom is 0.253 e. The van der Waals surface area contributed by atoms with Crippen LogP contribution in [0.25, 0.3) is 5.69 Å². The number of rotatable bonds is 6. The van der Waals surface area contributed by atoms with Crippen LogP contribution in [-0.2, 0) is 17.8 Å². The summed E-state index contributed by atoms with van der Waals surface area (Å²) >= 11 is 0. The van der Waals surface area contributed by atoms with E-state index in [1.807, 2.05) is 56.4 Å². The first-order valence-corrected chi connectivity index (χ1v) is 8.58. The van der Waals surface area contributed by atoms with Gasteiger partial charge in [-0.2, -0.15) is 5.10 Å². The molecule has 0 aliphatic heterocycles. The van der Waals surface area contributed by atoms with E-state index in [-0.39, 0.29) is 18.0 Å². The molecule has 26 heavy (non-hydrogen) atoms. The summed E-state index contributed by atoms with van der Waals surface area (Å²) in [6.07, 6.45) is 4.65. The van der Waals surface area contributed by atoms with Crippen molar-refractivity contribution in [2.75, 3.05) is 0 Å². The average molecular weight is 350 g/mol. The topological polar surface area (TPSA) is 79.8 Å². The lowest BCUT2D eigenvalue weighted by molar-refractivity contribution is -0.121. The molecule has 6 heteroatoms. The number of carbonyl (C=O) groups excluding carboxylic acids is 1. The molecule has 0 saturated heterocycles. The summed E-state index contributed by atoms with van der Waals surface area (Å²) in [6, 6.07) is 11.7. The Morgan fingerprint density at radius 3 is 2.73 bits per heavy atom. The highest BCUT2D eigenvalue weighted by molar-refractivity contribution is 5.76. The van der Waals surface area contributed by atoms with Gasteiger partial charge >= 0.3 is 0 Å². The third-order valence-electron chi connectivity index (χ3n) is 4.25. The van der Waals surface area contributed by atoms with E-state index in [1.165, 1.54) is 0 Å². The second-order valence-electron chi connectivity index (χ2n) is 6.35. The molecule has 2 heterocycles. The Hall–Kier alpha value is -3.15. The number of amides is 1. The van der Waals surface area contributed by atoms with Crippen LogP contribution in [0.2, 0.25) is 0 Å². The van der Waals surface area contributed by atoms with Gasteiger partial charge in [-0.1, -0.05) is 18.2 Å². The van der Waals surface area contributed by atoms with Crippen molar-refractivity contribution in [2.45, 2.75) is 33.2 Å². The number of nitrogens with zero attached hydrogens (tertiary/aromatic N) is 2. The highest BCUT2D eigenvalue weighted by atomic mass is 16.1. The highest BCUT2D eigenvalue weighted by Crippen LogP contribution is 2.09. The van der Waals surface area contributed by atoms with Crippen molar-refractivity contribution in [3.63, 3.8) is 0 Å². The molecule has 1 aromatic carbocycles. The third-order valence-corrected chi connectivity index (χ3v) is 4.25. The molecule has 0 radical (unpaired) electrons. The van der Waals surface area contributed by atoms with Crippen LogP contribution in [0.5, 0.6) is 0 Å². The van der Waals surface area contributed by atoms with Gasteiger partial charge in [0.2, 0.25) is 5.91 Å². The van der Waals surface area contributed by atoms with Crippen molar-refractivity contribution in [2.24, 2.45) is 0 Å². The average Bonchev–Trinajstić information content (AvgIpc) is 3.09. The molecule has 0 bridgehead atoms. The largest absolute Gasteiger partial charge is 0.352 e. The standard InChI is InChI=1S/C20H22N4O2/c1-14-10-15(2)23-20(26)18(14)12-21-19(25)9-8-16-11-22-24(13-16)17-6-4-3-5-7-17/h3-7,10-11,13H,8-9,12H2,1-2H3,(H,21,25)(H,23,26). The molecular formula is C20H22N4O2. The van der Waals surface area contributed by atoms with Crippen LogP contribution in [0.4, 0.5) is 0 Å². The molecule has 0 aliphatic rings. The molecule has 0 saturated carbocycles. The molecule has 0 aliphatic carbocycles. The lowest BCUT2D eigenvalue weighted by Gasteiger charge is -2.08. The zero-order chi connectivity index (χ0) is 18.5. The van der Waals surface area contributed by atoms with Crippen molar-refractivity contribution in [3.8, 4) is 5.69 Å². The molecule has 0 fully saturated rings. The Bertz CT molecular complexity index is 957. The van der Waals surface area contributed by atoms with E-state index in [4.69, 9.17) is 0 Å². The Morgan fingerprint density at radius 1 is 1.23 bits per heavy atom. The zero-order valence-corrected chi connectivity index (χ0v) is 15.0. The van der Waals surface area contributed by atoms with Crippen molar-refractivity contribution in [1.29, 1.82) is 0 Å². The molecule has 0 unspecified atom stereocenters. The maximum absolute atomic E-state index is 12.1. The number of nitrogens with one attached hydrogen (secondary N) is 2. The SMILES string of the molecule is Cc1cc(C)c(CNC(=O)CCc2cnn(-c3ccccc3)c2)c(=O)[nH]1. The highest BCUT2D eigenvalue weighted by Gasteiger charge is 2.09. The molecule has 3 aromatic rings. The van der Waals surface area contributed by atoms with Crippen LogP contribution < -0.4 is 10.9 Å². The number of aromatic amines is 1. The van der Waals surface area contributed by atoms with E-state index in [1.54, 1.807) is 10.9 Å². The fourth-order valence-corrected chi connectivity index (χ4v) is 2.85. The van der Waals surface area contributed by atoms with Crippen LogP contribution >= 0.6 is 0 Å². The molecule has 2 N–H and O–H groups in total. The summed E-state index contributed by atoms with van der Waals surface area (Å²) in [5, 5.41) is 7.15. The second kappa shape index (κ2) is 7.82. The van der Waals surface area contributed by atoms with Crippen molar-refractivity contribution in [1.82, 2.24) is 20.1 Å². The van der Waals surface area contributed by atoms with Gasteiger partial charge in [0.05, 0.1) is 11.9 Å². The lowest BCUT2D eigenvalue weighted by Crippen LogP contribution is -2.28. The number of benzene rings is 1. The predicted molar refractivity (Wildman–Crippen MR) is 100 cm³/mol. The number of carbonyl (C=O) groups is 1. The summed E-state index contributed by atoms with van der Waals surface area (Å²) in [5.74, 6) is -0.0863. The number of pyridine rings is 1. The first-order valence-electron chi connectivity index (χ1n) is 8.58. The maximum atomic E-state index is 12.1. The van der Waals surface area contributed by atoms with E-state index in [0.29, 0.717) is 18.4 Å². The van der Waals surface area contributed by atoms with Crippen LogP contribution in [0.1, 0.15) is 28.8 Å². The van der Waals surface area contributed by atoms with Gasteiger partial charge in [0.1, 0.15) is 0 Å². The van der Waals surface area contributed by atoms with E-state index in [0.717, 1.165) is 22.5 Å². The number of aryl methyl sites for hydroxylation is 3. The van der Waals surface area contributed by atoms with Crippen LogP contribution in [-0.4, -0.2) is 20.7 Å². The van der Waals surface area contributed by atoms with Crippen molar-refractivity contribution in [3.05, 3.63) is 81.5 Å². The van der Waals surface area contributed by atoms with Gasteiger partial charge in [-0.3, -0.25) is 9.59 Å². The summed E-state index contributed by atoms with van der Waals surface area (Å²) < 4.78 is 1.79. The molecule has 134 valence electrons. The van der Waals surface area contributed by atoms with Crippen molar-refractivity contribution >= 4 is 5.91 Å². The molecule has 3 rings (SSSR count). The van der Waals surface area contributed by atoms with Crippen LogP contribution in [0, 0.1) is 13.8 Å². The minimum atomic E-state index is -0.146. The van der Waals surface area contributed by atoms with E-state index < -0.39 is 0 Å². The first-order chi connectivity index (χ1) is 12.5. The first kappa shape index (κ1) is 17.7. The van der Waals surface area contributed by atoms with Gasteiger partial charge in [0.25, 0.3) is 5.56 Å². The predicted octanol–water partition coefficient (Wildman–Crippen LogP) is 2.43. The zero-order valence-electron chi connectivity index (χ0n) is 15.0. The summed E-state index contributed by atoms with van der Waals surface area (Å²) in [7, 11) is 0. The lowest BCUT2D eigenvalue weighted by atomic mass is 10.1. The van der Waals surface area contributed by atoms with E-state index in [9.17, 15) is 9.59 Å². The Kier molecular flexibility index (Phi) is 5.31. The third kappa shape index (κ3) is 4.27. The van der Waals surface area contributed by atoms with Crippen LogP contribution in [0.3, 0.4) is 0 Å². The molecule has 2 aromatic heterocycles. The van der Waals surface area contributed by atoms with Gasteiger partial charge in [0, 0.05) is 30.4 Å². The second-order valence-corrected chi connectivity index (χ2v) is 6.35. The fourth-order valence-electron chi connectivity index (χ4n) is 2.85.